The molecule has 2 nitrogen and oxygen atoms in total. The highest BCUT2D eigenvalue weighted by Gasteiger charge is 2.31. The van der Waals surface area contributed by atoms with Gasteiger partial charge in [-0.2, -0.15) is 13.2 Å². The number of nitrogens with zero attached hydrogens (tertiary/aromatic N) is 1. The van der Waals surface area contributed by atoms with Crippen LogP contribution < -0.4 is 0 Å². The van der Waals surface area contributed by atoms with Crippen molar-refractivity contribution in [2.24, 2.45) is 0 Å². The summed E-state index contributed by atoms with van der Waals surface area (Å²) in [7, 11) is 2.99. The minimum atomic E-state index is -4.39. The molecule has 0 spiro atoms. The van der Waals surface area contributed by atoms with Crippen LogP contribution in [0, 0.1) is 0 Å². The Kier molecular flexibility index (Phi) is 3.85. The fraction of sp³-hybridized carbons (Fsp3) is 0.300. The zero-order valence-electron chi connectivity index (χ0n) is 8.71. The highest BCUT2D eigenvalue weighted by Crippen LogP contribution is 2.38. The molecule has 0 radical (unpaired) electrons. The van der Waals surface area contributed by atoms with Crippen molar-refractivity contribution in [3.63, 3.8) is 0 Å². The van der Waals surface area contributed by atoms with E-state index in [0.717, 1.165) is 0 Å². The third-order valence-corrected chi connectivity index (χ3v) is 2.56. The van der Waals surface area contributed by atoms with E-state index in [1.54, 1.807) is 0 Å². The third-order valence-electron chi connectivity index (χ3n) is 1.75. The summed E-state index contributed by atoms with van der Waals surface area (Å²) in [5, 5.41) is 0. The first-order valence-corrected chi connectivity index (χ1v) is 5.19. The van der Waals surface area contributed by atoms with Crippen molar-refractivity contribution in [1.82, 2.24) is 4.90 Å². The van der Waals surface area contributed by atoms with E-state index in [1.807, 2.05) is 0 Å². The molecule has 0 heterocycles. The van der Waals surface area contributed by atoms with Crippen molar-refractivity contribution in [1.29, 1.82) is 0 Å². The quantitative estimate of drug-likeness (QED) is 0.751. The van der Waals surface area contributed by atoms with E-state index in [0.29, 0.717) is 0 Å². The lowest BCUT2D eigenvalue weighted by Gasteiger charge is -2.14. The molecule has 1 rings (SSSR count). The Labute approximate surface area is 95.4 Å². The molecule has 0 aliphatic carbocycles. The van der Waals surface area contributed by atoms with Crippen LogP contribution in [0.15, 0.2) is 29.2 Å². The van der Waals surface area contributed by atoms with Gasteiger partial charge in [-0.3, -0.25) is 4.79 Å². The van der Waals surface area contributed by atoms with Crippen LogP contribution in [0.3, 0.4) is 0 Å². The van der Waals surface area contributed by atoms with Gasteiger partial charge >= 0.3 is 5.51 Å². The Morgan fingerprint density at radius 1 is 1.25 bits per heavy atom. The van der Waals surface area contributed by atoms with Crippen LogP contribution in [-0.4, -0.2) is 30.4 Å². The van der Waals surface area contributed by atoms with E-state index in [9.17, 15) is 18.0 Å². The lowest BCUT2D eigenvalue weighted by Crippen LogP contribution is -2.22. The van der Waals surface area contributed by atoms with Gasteiger partial charge in [0, 0.05) is 19.0 Å². The maximum Gasteiger partial charge on any atom is 0.446 e. The highest BCUT2D eigenvalue weighted by atomic mass is 32.2. The summed E-state index contributed by atoms with van der Waals surface area (Å²) in [5.41, 5.74) is -4.32. The number of benzene rings is 1. The molecule has 0 aliphatic rings. The number of hydrogen-bond acceptors (Lipinski definition) is 2. The van der Waals surface area contributed by atoms with Gasteiger partial charge in [-0.1, -0.05) is 12.1 Å². The maximum absolute atomic E-state index is 12.2. The van der Waals surface area contributed by atoms with Gasteiger partial charge in [0.05, 0.1) is 5.56 Å². The largest absolute Gasteiger partial charge is 0.446 e. The van der Waals surface area contributed by atoms with E-state index in [1.165, 1.54) is 43.3 Å². The summed E-state index contributed by atoms with van der Waals surface area (Å²) in [6.07, 6.45) is 0. The zero-order chi connectivity index (χ0) is 12.3. The molecule has 1 aromatic rings. The van der Waals surface area contributed by atoms with Crippen molar-refractivity contribution in [2.45, 2.75) is 10.4 Å². The molecule has 6 heteroatoms. The Morgan fingerprint density at radius 2 is 1.81 bits per heavy atom. The van der Waals surface area contributed by atoms with Crippen molar-refractivity contribution < 1.29 is 18.0 Å². The molecule has 1 aromatic carbocycles. The molecule has 0 unspecified atom stereocenters. The molecule has 0 saturated carbocycles. The van der Waals surface area contributed by atoms with Gasteiger partial charge < -0.3 is 4.90 Å². The SMILES string of the molecule is CN(C)C(=O)c1ccccc1SC(F)(F)F. The van der Waals surface area contributed by atoms with Crippen LogP contribution >= 0.6 is 11.8 Å². The van der Waals surface area contributed by atoms with E-state index in [2.05, 4.69) is 0 Å². The van der Waals surface area contributed by atoms with Gasteiger partial charge in [0.25, 0.3) is 5.91 Å². The first kappa shape index (κ1) is 12.9. The van der Waals surface area contributed by atoms with E-state index >= 15 is 0 Å². The first-order valence-electron chi connectivity index (χ1n) is 4.37. The van der Waals surface area contributed by atoms with Gasteiger partial charge in [-0.05, 0) is 23.9 Å². The molecule has 88 valence electrons. The summed E-state index contributed by atoms with van der Waals surface area (Å²) >= 11 is -0.274. The van der Waals surface area contributed by atoms with Gasteiger partial charge in [-0.25, -0.2) is 0 Å². The van der Waals surface area contributed by atoms with Gasteiger partial charge in [0.15, 0.2) is 0 Å². The average molecular weight is 249 g/mol. The van der Waals surface area contributed by atoms with E-state index in [-0.39, 0.29) is 22.2 Å². The standard InChI is InChI=1S/C10H10F3NOS/c1-14(2)9(15)7-5-3-4-6-8(7)16-10(11,12)13/h3-6H,1-2H3. The van der Waals surface area contributed by atoms with Crippen molar-refractivity contribution in [3.8, 4) is 0 Å². The number of amides is 1. The highest BCUT2D eigenvalue weighted by molar-refractivity contribution is 8.00. The summed E-state index contributed by atoms with van der Waals surface area (Å²) in [4.78, 5) is 12.8. The van der Waals surface area contributed by atoms with Crippen molar-refractivity contribution in [2.75, 3.05) is 14.1 Å². The molecule has 0 fully saturated rings. The molecule has 0 saturated heterocycles. The number of carbonyl (C=O) groups excluding carboxylic acids is 1. The molecule has 0 aromatic heterocycles. The Balaban J connectivity index is 3.06. The van der Waals surface area contributed by atoms with Gasteiger partial charge in [-0.15, -0.1) is 0 Å². The summed E-state index contributed by atoms with van der Waals surface area (Å²) in [5.74, 6) is -0.438. The average Bonchev–Trinajstić information content (AvgIpc) is 2.15. The van der Waals surface area contributed by atoms with Crippen LogP contribution in [0.1, 0.15) is 10.4 Å². The lowest BCUT2D eigenvalue weighted by atomic mass is 10.2. The lowest BCUT2D eigenvalue weighted by molar-refractivity contribution is -0.0328. The Morgan fingerprint density at radius 3 is 2.31 bits per heavy atom. The zero-order valence-corrected chi connectivity index (χ0v) is 9.52. The normalized spacial score (nSPS) is 11.3. The van der Waals surface area contributed by atoms with E-state index in [4.69, 9.17) is 0 Å². The van der Waals surface area contributed by atoms with Crippen molar-refractivity contribution in [3.05, 3.63) is 29.8 Å². The van der Waals surface area contributed by atoms with Gasteiger partial charge in [0.1, 0.15) is 0 Å². The van der Waals surface area contributed by atoms with Crippen molar-refractivity contribution >= 4 is 17.7 Å². The predicted octanol–water partition coefficient (Wildman–Crippen LogP) is 3.00. The molecule has 16 heavy (non-hydrogen) atoms. The second-order valence-electron chi connectivity index (χ2n) is 3.24. The molecule has 1 amide bonds. The molecular weight excluding hydrogens is 239 g/mol. The number of hydrogen-bond donors (Lipinski definition) is 0. The minimum Gasteiger partial charge on any atom is -0.345 e. The van der Waals surface area contributed by atoms with Crippen LogP contribution in [0.25, 0.3) is 0 Å². The smallest absolute Gasteiger partial charge is 0.345 e. The molecule has 0 N–H and O–H groups in total. The second-order valence-corrected chi connectivity index (χ2v) is 4.35. The first-order chi connectivity index (χ1) is 7.31. The van der Waals surface area contributed by atoms with Crippen LogP contribution in [-0.2, 0) is 0 Å². The number of rotatable bonds is 2. The maximum atomic E-state index is 12.2. The molecule has 0 aliphatic heterocycles. The Hall–Kier alpha value is -1.17. The van der Waals surface area contributed by atoms with Crippen LogP contribution in [0.4, 0.5) is 13.2 Å². The topological polar surface area (TPSA) is 20.3 Å². The van der Waals surface area contributed by atoms with Gasteiger partial charge in [0.2, 0.25) is 0 Å². The fourth-order valence-corrected chi connectivity index (χ4v) is 1.76. The second kappa shape index (κ2) is 4.78. The fourth-order valence-electron chi connectivity index (χ4n) is 1.10. The number of thioether (sulfide) groups is 1. The number of carbonyl (C=O) groups is 1. The minimum absolute atomic E-state index is 0.0647. The molecular formula is C10H10F3NOS. The molecule has 0 bridgehead atoms. The number of halogens is 3. The summed E-state index contributed by atoms with van der Waals surface area (Å²) < 4.78 is 36.7. The molecule has 0 atom stereocenters. The number of alkyl halides is 3. The third kappa shape index (κ3) is 3.44. The summed E-state index contributed by atoms with van der Waals surface area (Å²) in [6.45, 7) is 0. The summed E-state index contributed by atoms with van der Waals surface area (Å²) in [6, 6.07) is 5.68. The monoisotopic (exact) mass is 249 g/mol. The van der Waals surface area contributed by atoms with E-state index < -0.39 is 11.4 Å². The van der Waals surface area contributed by atoms with Crippen LogP contribution in [0.5, 0.6) is 0 Å². The predicted molar refractivity (Wildman–Crippen MR) is 56.4 cm³/mol. The van der Waals surface area contributed by atoms with Crippen LogP contribution in [0.2, 0.25) is 0 Å². The Bertz CT molecular complexity index is 390.